The third-order valence-corrected chi connectivity index (χ3v) is 5.63. The fourth-order valence-corrected chi connectivity index (χ4v) is 4.13. The van der Waals surface area contributed by atoms with E-state index in [0.717, 1.165) is 23.0 Å². The lowest BCUT2D eigenvalue weighted by atomic mass is 10.3. The van der Waals surface area contributed by atoms with E-state index in [1.807, 2.05) is 0 Å². The van der Waals surface area contributed by atoms with Crippen LogP contribution < -0.4 is 10.0 Å². The van der Waals surface area contributed by atoms with Gasteiger partial charge in [-0.1, -0.05) is 17.7 Å². The number of halogens is 2. The first-order valence-electron chi connectivity index (χ1n) is 5.63. The van der Waals surface area contributed by atoms with Gasteiger partial charge in [0.25, 0.3) is 10.0 Å². The van der Waals surface area contributed by atoms with Crippen molar-refractivity contribution in [2.24, 2.45) is 0 Å². The molecule has 2 rings (SSSR count). The Bertz CT molecular complexity index is 696. The number of hydrogen-bond donors (Lipinski definition) is 2. The predicted molar refractivity (Wildman–Crippen MR) is 79.3 cm³/mol. The van der Waals surface area contributed by atoms with Crippen molar-refractivity contribution in [1.29, 1.82) is 0 Å². The molecule has 0 aliphatic carbocycles. The Morgan fingerprint density at radius 2 is 2.15 bits per heavy atom. The Balaban J connectivity index is 2.31. The maximum Gasteiger partial charge on any atom is 0.271 e. The van der Waals surface area contributed by atoms with Crippen molar-refractivity contribution in [3.05, 3.63) is 46.0 Å². The monoisotopic (exact) mass is 334 g/mol. The molecule has 108 valence electrons. The molecule has 0 aliphatic rings. The van der Waals surface area contributed by atoms with Crippen LogP contribution in [0.5, 0.6) is 0 Å². The van der Waals surface area contributed by atoms with E-state index in [0.29, 0.717) is 6.54 Å². The quantitative estimate of drug-likeness (QED) is 0.883. The summed E-state index contributed by atoms with van der Waals surface area (Å²) < 4.78 is 40.3. The fraction of sp³-hybridized carbons (Fsp3) is 0.167. The van der Waals surface area contributed by atoms with Crippen LogP contribution in [0, 0.1) is 5.82 Å². The van der Waals surface area contributed by atoms with Crippen molar-refractivity contribution in [1.82, 2.24) is 5.32 Å². The minimum absolute atomic E-state index is 0.0144. The molecular formula is C12H12ClFN2O2S2. The molecular weight excluding hydrogens is 323 g/mol. The summed E-state index contributed by atoms with van der Waals surface area (Å²) in [5, 5.41) is 4.67. The van der Waals surface area contributed by atoms with Crippen molar-refractivity contribution in [2.45, 2.75) is 10.8 Å². The van der Waals surface area contributed by atoms with E-state index >= 15 is 0 Å². The van der Waals surface area contributed by atoms with Crippen molar-refractivity contribution < 1.29 is 12.8 Å². The third-order valence-electron chi connectivity index (χ3n) is 2.47. The van der Waals surface area contributed by atoms with E-state index in [2.05, 4.69) is 10.0 Å². The van der Waals surface area contributed by atoms with Crippen LogP contribution in [0.4, 0.5) is 10.1 Å². The normalized spacial score (nSPS) is 11.6. The Labute approximate surface area is 125 Å². The van der Waals surface area contributed by atoms with Gasteiger partial charge >= 0.3 is 0 Å². The Kier molecular flexibility index (Phi) is 4.64. The van der Waals surface area contributed by atoms with Crippen LogP contribution in [-0.4, -0.2) is 15.5 Å². The SMILES string of the molecule is CNCc1csc(S(=O)(=O)Nc2c(F)cccc2Cl)c1. The number of thiophene rings is 1. The zero-order chi connectivity index (χ0) is 14.8. The second-order valence-corrected chi connectivity index (χ2v) is 7.23. The average Bonchev–Trinajstić information content (AvgIpc) is 2.84. The molecule has 0 spiro atoms. The van der Waals surface area contributed by atoms with Gasteiger partial charge in [-0.05, 0) is 36.2 Å². The van der Waals surface area contributed by atoms with Gasteiger partial charge in [-0.2, -0.15) is 0 Å². The molecule has 0 fully saturated rings. The van der Waals surface area contributed by atoms with E-state index in [1.165, 1.54) is 18.2 Å². The largest absolute Gasteiger partial charge is 0.316 e. The molecule has 0 amide bonds. The Morgan fingerprint density at radius 1 is 1.40 bits per heavy atom. The highest BCUT2D eigenvalue weighted by atomic mass is 35.5. The summed E-state index contributed by atoms with van der Waals surface area (Å²) >= 11 is 6.88. The lowest BCUT2D eigenvalue weighted by Crippen LogP contribution is -2.13. The van der Waals surface area contributed by atoms with Gasteiger partial charge in [0.15, 0.2) is 0 Å². The zero-order valence-electron chi connectivity index (χ0n) is 10.5. The van der Waals surface area contributed by atoms with Crippen LogP contribution in [0.2, 0.25) is 5.02 Å². The first-order chi connectivity index (χ1) is 9.44. The highest BCUT2D eigenvalue weighted by Crippen LogP contribution is 2.29. The average molecular weight is 335 g/mol. The standard InChI is InChI=1S/C12H12ClFN2O2S2/c1-15-6-8-5-11(19-7-8)20(17,18)16-12-9(13)3-2-4-10(12)14/h2-5,7,15-16H,6H2,1H3. The second kappa shape index (κ2) is 6.09. The van der Waals surface area contributed by atoms with Crippen molar-refractivity contribution >= 4 is 38.6 Å². The molecule has 0 aliphatic heterocycles. The van der Waals surface area contributed by atoms with Crippen LogP contribution in [0.1, 0.15) is 5.56 Å². The van der Waals surface area contributed by atoms with E-state index in [4.69, 9.17) is 11.6 Å². The molecule has 0 saturated carbocycles. The number of rotatable bonds is 5. The van der Waals surface area contributed by atoms with E-state index in [1.54, 1.807) is 12.4 Å². The van der Waals surface area contributed by atoms with Gasteiger partial charge in [-0.3, -0.25) is 4.72 Å². The Morgan fingerprint density at radius 3 is 2.80 bits per heavy atom. The highest BCUT2D eigenvalue weighted by molar-refractivity contribution is 7.94. The summed E-state index contributed by atoms with van der Waals surface area (Å²) in [4.78, 5) is 0. The summed E-state index contributed by atoms with van der Waals surface area (Å²) in [6, 6.07) is 5.51. The van der Waals surface area contributed by atoms with Gasteiger partial charge in [0.05, 0.1) is 5.02 Å². The number of nitrogens with one attached hydrogen (secondary N) is 2. The number of sulfonamides is 1. The van der Waals surface area contributed by atoms with Gasteiger partial charge < -0.3 is 5.32 Å². The summed E-state index contributed by atoms with van der Waals surface area (Å²) in [6.45, 7) is 0.562. The van der Waals surface area contributed by atoms with Crippen LogP contribution >= 0.6 is 22.9 Å². The number of para-hydroxylation sites is 1. The number of anilines is 1. The van der Waals surface area contributed by atoms with Gasteiger partial charge in [0.1, 0.15) is 15.7 Å². The topological polar surface area (TPSA) is 58.2 Å². The molecule has 20 heavy (non-hydrogen) atoms. The molecule has 0 radical (unpaired) electrons. The maximum absolute atomic E-state index is 13.6. The zero-order valence-corrected chi connectivity index (χ0v) is 12.9. The van der Waals surface area contributed by atoms with Crippen molar-refractivity contribution in [2.75, 3.05) is 11.8 Å². The maximum atomic E-state index is 13.6. The molecule has 1 heterocycles. The van der Waals surface area contributed by atoms with Crippen LogP contribution in [0.15, 0.2) is 33.9 Å². The predicted octanol–water partition coefficient (Wildman–Crippen LogP) is 3.06. The van der Waals surface area contributed by atoms with Crippen LogP contribution in [-0.2, 0) is 16.6 Å². The molecule has 2 aromatic rings. The number of benzene rings is 1. The summed E-state index contributed by atoms with van der Waals surface area (Å²) in [5.74, 6) is -0.715. The van der Waals surface area contributed by atoms with E-state index in [-0.39, 0.29) is 14.9 Å². The smallest absolute Gasteiger partial charge is 0.271 e. The molecule has 0 bridgehead atoms. The van der Waals surface area contributed by atoms with Crippen LogP contribution in [0.3, 0.4) is 0 Å². The highest BCUT2D eigenvalue weighted by Gasteiger charge is 2.20. The van der Waals surface area contributed by atoms with Gasteiger partial charge in [-0.25, -0.2) is 12.8 Å². The number of hydrogen-bond acceptors (Lipinski definition) is 4. The molecule has 1 aromatic heterocycles. The minimum Gasteiger partial charge on any atom is -0.316 e. The molecule has 4 nitrogen and oxygen atoms in total. The van der Waals surface area contributed by atoms with Gasteiger partial charge in [0, 0.05) is 6.54 Å². The van der Waals surface area contributed by atoms with E-state index in [9.17, 15) is 12.8 Å². The second-order valence-electron chi connectivity index (χ2n) is 4.01. The Hall–Kier alpha value is -1.15. The van der Waals surface area contributed by atoms with Crippen molar-refractivity contribution in [3.63, 3.8) is 0 Å². The lowest BCUT2D eigenvalue weighted by molar-refractivity contribution is 0.600. The molecule has 2 N–H and O–H groups in total. The fourth-order valence-electron chi connectivity index (χ4n) is 1.57. The first-order valence-corrected chi connectivity index (χ1v) is 8.37. The summed E-state index contributed by atoms with van der Waals surface area (Å²) in [7, 11) is -2.07. The summed E-state index contributed by atoms with van der Waals surface area (Å²) in [5.41, 5.74) is 0.607. The first kappa shape index (κ1) is 15.2. The van der Waals surface area contributed by atoms with Crippen LogP contribution in [0.25, 0.3) is 0 Å². The molecule has 8 heteroatoms. The van der Waals surface area contributed by atoms with Gasteiger partial charge in [0.2, 0.25) is 0 Å². The molecule has 0 unspecified atom stereocenters. The lowest BCUT2D eigenvalue weighted by Gasteiger charge is -2.08. The minimum atomic E-state index is -3.84. The molecule has 0 saturated heterocycles. The molecule has 1 aromatic carbocycles. The third kappa shape index (κ3) is 3.29. The molecule has 0 atom stereocenters. The van der Waals surface area contributed by atoms with Crippen molar-refractivity contribution in [3.8, 4) is 0 Å². The van der Waals surface area contributed by atoms with Gasteiger partial charge in [-0.15, -0.1) is 11.3 Å². The van der Waals surface area contributed by atoms with E-state index < -0.39 is 15.8 Å². The summed E-state index contributed by atoms with van der Waals surface area (Å²) in [6.07, 6.45) is 0.